The van der Waals surface area contributed by atoms with Crippen molar-refractivity contribution in [2.75, 3.05) is 44.2 Å². The van der Waals surface area contributed by atoms with E-state index in [-0.39, 0.29) is 5.56 Å². The molecular weight excluding hydrogens is 386 g/mol. The number of fused-ring (bicyclic) bond motifs is 1. The van der Waals surface area contributed by atoms with Crippen molar-refractivity contribution in [3.63, 3.8) is 0 Å². The number of halogens is 1. The first-order chi connectivity index (χ1) is 14.1. The van der Waals surface area contributed by atoms with Gasteiger partial charge in [-0.1, -0.05) is 17.7 Å². The topological polar surface area (TPSA) is 48.6 Å². The summed E-state index contributed by atoms with van der Waals surface area (Å²) in [7, 11) is 0. The number of rotatable bonds is 6. The number of benzene rings is 2. The monoisotopic (exact) mass is 411 g/mol. The van der Waals surface area contributed by atoms with Gasteiger partial charge < -0.3 is 14.6 Å². The Morgan fingerprint density at radius 2 is 1.90 bits per heavy atom. The van der Waals surface area contributed by atoms with Crippen molar-refractivity contribution in [3.8, 4) is 5.75 Å². The molecule has 1 N–H and O–H groups in total. The minimum absolute atomic E-state index is 0.0796. The van der Waals surface area contributed by atoms with E-state index in [1.165, 1.54) is 5.69 Å². The minimum atomic E-state index is -0.0796. The summed E-state index contributed by atoms with van der Waals surface area (Å²) in [6.45, 7) is 7.75. The molecule has 5 nitrogen and oxygen atoms in total. The number of aromatic nitrogens is 1. The number of H-pyrrole nitrogens is 1. The zero-order valence-corrected chi connectivity index (χ0v) is 17.4. The lowest BCUT2D eigenvalue weighted by atomic mass is 10.1. The molecule has 4 rings (SSSR count). The zero-order chi connectivity index (χ0) is 20.2. The van der Waals surface area contributed by atoms with Crippen LogP contribution in [0.4, 0.5) is 5.69 Å². The van der Waals surface area contributed by atoms with Crippen LogP contribution in [-0.4, -0.2) is 49.2 Å². The van der Waals surface area contributed by atoms with Crippen LogP contribution in [0.3, 0.4) is 0 Å². The maximum atomic E-state index is 11.7. The largest absolute Gasteiger partial charge is 0.493 e. The van der Waals surface area contributed by atoms with E-state index in [1.807, 2.05) is 43.3 Å². The van der Waals surface area contributed by atoms with Crippen LogP contribution in [0, 0.1) is 6.92 Å². The molecule has 3 aromatic rings. The molecule has 0 radical (unpaired) electrons. The van der Waals surface area contributed by atoms with E-state index < -0.39 is 0 Å². The van der Waals surface area contributed by atoms with Gasteiger partial charge >= 0.3 is 0 Å². The number of nitrogens with one attached hydrogen (secondary N) is 1. The van der Waals surface area contributed by atoms with Gasteiger partial charge in [-0.3, -0.25) is 9.69 Å². The summed E-state index contributed by atoms with van der Waals surface area (Å²) in [5, 5.41) is 1.84. The molecule has 0 atom stereocenters. The number of pyridine rings is 1. The van der Waals surface area contributed by atoms with Crippen LogP contribution >= 0.6 is 11.6 Å². The van der Waals surface area contributed by atoms with E-state index in [2.05, 4.69) is 20.9 Å². The van der Waals surface area contributed by atoms with Gasteiger partial charge in [-0.15, -0.1) is 0 Å². The molecular formula is C23H26ClN3O2. The predicted molar refractivity (Wildman–Crippen MR) is 120 cm³/mol. The van der Waals surface area contributed by atoms with E-state index in [0.29, 0.717) is 6.61 Å². The maximum Gasteiger partial charge on any atom is 0.248 e. The molecule has 0 saturated carbocycles. The number of hydrogen-bond acceptors (Lipinski definition) is 4. The summed E-state index contributed by atoms with van der Waals surface area (Å²) >= 11 is 6.11. The van der Waals surface area contributed by atoms with E-state index in [9.17, 15) is 4.79 Å². The summed E-state index contributed by atoms with van der Waals surface area (Å²) in [6, 6.07) is 15.6. The van der Waals surface area contributed by atoms with E-state index in [4.69, 9.17) is 16.3 Å². The Morgan fingerprint density at radius 3 is 2.69 bits per heavy atom. The molecule has 1 saturated heterocycles. The van der Waals surface area contributed by atoms with Crippen LogP contribution in [0.5, 0.6) is 5.75 Å². The molecule has 2 aromatic carbocycles. The standard InChI is InChI=1S/C23H26ClN3O2/c1-17-14-23(28)25-22-16-20(6-7-21(17)22)29-13-3-8-26-9-11-27(12-10-26)19-5-2-4-18(24)15-19/h2,4-7,14-16H,3,8-13H2,1H3,(H,25,28). The van der Waals surface area contributed by atoms with Crippen molar-refractivity contribution >= 4 is 28.2 Å². The first-order valence-corrected chi connectivity index (χ1v) is 10.5. The molecule has 1 aliphatic heterocycles. The average Bonchev–Trinajstić information content (AvgIpc) is 2.71. The van der Waals surface area contributed by atoms with Crippen molar-refractivity contribution in [3.05, 3.63) is 69.5 Å². The van der Waals surface area contributed by atoms with Gasteiger partial charge in [0.25, 0.3) is 0 Å². The Kier molecular flexibility index (Phi) is 6.07. The highest BCUT2D eigenvalue weighted by Gasteiger charge is 2.17. The number of piperazine rings is 1. The average molecular weight is 412 g/mol. The lowest BCUT2D eigenvalue weighted by Gasteiger charge is -2.36. The molecule has 0 unspecified atom stereocenters. The van der Waals surface area contributed by atoms with Gasteiger partial charge in [-0.2, -0.15) is 0 Å². The predicted octanol–water partition coefficient (Wildman–Crippen LogP) is 4.08. The molecule has 29 heavy (non-hydrogen) atoms. The number of ether oxygens (including phenoxy) is 1. The summed E-state index contributed by atoms with van der Waals surface area (Å²) in [4.78, 5) is 19.4. The smallest absolute Gasteiger partial charge is 0.248 e. The van der Waals surface area contributed by atoms with Crippen LogP contribution in [0.1, 0.15) is 12.0 Å². The molecule has 1 aromatic heterocycles. The number of nitrogens with zero attached hydrogens (tertiary/aromatic N) is 2. The fourth-order valence-corrected chi connectivity index (χ4v) is 4.07. The summed E-state index contributed by atoms with van der Waals surface area (Å²) in [6.07, 6.45) is 0.972. The molecule has 0 spiro atoms. The van der Waals surface area contributed by atoms with Crippen LogP contribution in [0.25, 0.3) is 10.9 Å². The van der Waals surface area contributed by atoms with Gasteiger partial charge in [0, 0.05) is 61.0 Å². The van der Waals surface area contributed by atoms with Crippen LogP contribution in [0.2, 0.25) is 5.02 Å². The van der Waals surface area contributed by atoms with E-state index in [0.717, 1.165) is 66.4 Å². The first kappa shape index (κ1) is 19.8. The van der Waals surface area contributed by atoms with Crippen molar-refractivity contribution in [2.24, 2.45) is 0 Å². The molecule has 6 heteroatoms. The van der Waals surface area contributed by atoms with Gasteiger partial charge in [-0.25, -0.2) is 0 Å². The highest BCUT2D eigenvalue weighted by molar-refractivity contribution is 6.30. The molecule has 0 aliphatic carbocycles. The number of aryl methyl sites for hydroxylation is 1. The lowest BCUT2D eigenvalue weighted by Crippen LogP contribution is -2.46. The Labute approximate surface area is 175 Å². The van der Waals surface area contributed by atoms with E-state index in [1.54, 1.807) is 6.07 Å². The fourth-order valence-electron chi connectivity index (χ4n) is 3.88. The molecule has 152 valence electrons. The van der Waals surface area contributed by atoms with Gasteiger partial charge in [-0.05, 0) is 49.2 Å². The van der Waals surface area contributed by atoms with Gasteiger partial charge in [0.15, 0.2) is 0 Å². The third kappa shape index (κ3) is 4.92. The zero-order valence-electron chi connectivity index (χ0n) is 16.7. The Hall–Kier alpha value is -2.50. The summed E-state index contributed by atoms with van der Waals surface area (Å²) in [5.41, 5.74) is 2.92. The maximum absolute atomic E-state index is 11.7. The normalized spacial score (nSPS) is 15.0. The van der Waals surface area contributed by atoms with Gasteiger partial charge in [0.2, 0.25) is 5.56 Å². The van der Waals surface area contributed by atoms with Crippen molar-refractivity contribution in [1.29, 1.82) is 0 Å². The van der Waals surface area contributed by atoms with Crippen LogP contribution < -0.4 is 15.2 Å². The SMILES string of the molecule is Cc1cc(=O)[nH]c2cc(OCCCN3CCN(c4cccc(Cl)c4)CC3)ccc12. The minimum Gasteiger partial charge on any atom is -0.493 e. The Bertz CT molecular complexity index is 1040. The van der Waals surface area contributed by atoms with Crippen LogP contribution in [-0.2, 0) is 0 Å². The first-order valence-electron chi connectivity index (χ1n) is 10.1. The van der Waals surface area contributed by atoms with Crippen molar-refractivity contribution in [2.45, 2.75) is 13.3 Å². The van der Waals surface area contributed by atoms with Gasteiger partial charge in [0.05, 0.1) is 12.1 Å². The highest BCUT2D eigenvalue weighted by Crippen LogP contribution is 2.22. The molecule has 1 aliphatic rings. The summed E-state index contributed by atoms with van der Waals surface area (Å²) < 4.78 is 5.91. The fraction of sp³-hybridized carbons (Fsp3) is 0.348. The summed E-state index contributed by atoms with van der Waals surface area (Å²) in [5.74, 6) is 0.796. The molecule has 2 heterocycles. The van der Waals surface area contributed by atoms with Crippen molar-refractivity contribution in [1.82, 2.24) is 9.88 Å². The number of aromatic amines is 1. The molecule has 0 amide bonds. The Balaban J connectivity index is 1.23. The second-order valence-corrected chi connectivity index (χ2v) is 7.97. The van der Waals surface area contributed by atoms with Crippen molar-refractivity contribution < 1.29 is 4.74 Å². The van der Waals surface area contributed by atoms with Gasteiger partial charge in [0.1, 0.15) is 5.75 Å². The third-order valence-electron chi connectivity index (χ3n) is 5.45. The quantitative estimate of drug-likeness (QED) is 0.621. The molecule has 0 bridgehead atoms. The van der Waals surface area contributed by atoms with E-state index >= 15 is 0 Å². The number of anilines is 1. The second-order valence-electron chi connectivity index (χ2n) is 7.53. The number of hydrogen-bond donors (Lipinski definition) is 1. The lowest BCUT2D eigenvalue weighted by molar-refractivity contribution is 0.225. The van der Waals surface area contributed by atoms with Crippen LogP contribution in [0.15, 0.2) is 53.3 Å². The molecule has 1 fully saturated rings. The third-order valence-corrected chi connectivity index (χ3v) is 5.69. The Morgan fingerprint density at radius 1 is 1.07 bits per heavy atom. The highest BCUT2D eigenvalue weighted by atomic mass is 35.5. The second kappa shape index (κ2) is 8.89.